The van der Waals surface area contributed by atoms with E-state index in [4.69, 9.17) is 5.73 Å². The van der Waals surface area contributed by atoms with Gasteiger partial charge in [-0.15, -0.1) is 5.73 Å². The maximum atomic E-state index is 12.1. The van der Waals surface area contributed by atoms with E-state index in [0.717, 1.165) is 0 Å². The van der Waals surface area contributed by atoms with Gasteiger partial charge in [0.05, 0.1) is 0 Å². The molecule has 1 heterocycles. The summed E-state index contributed by atoms with van der Waals surface area (Å²) >= 11 is 0. The third kappa shape index (κ3) is 1.11. The molecule has 6 heteroatoms. The molecule has 1 aromatic rings. The highest BCUT2D eigenvalue weighted by Crippen LogP contribution is 2.19. The van der Waals surface area contributed by atoms with E-state index in [2.05, 4.69) is 4.98 Å². The van der Waals surface area contributed by atoms with Crippen LogP contribution in [0.2, 0.25) is 0 Å². The van der Waals surface area contributed by atoms with E-state index < -0.39 is 29.2 Å². The molecule has 0 fully saturated rings. The van der Waals surface area contributed by atoms with Crippen LogP contribution in [0.15, 0.2) is 0 Å². The zero-order chi connectivity index (χ0) is 8.59. The largest absolute Gasteiger partial charge is 0.254 e. The fraction of sp³-hybridized carbons (Fsp3) is 0. The lowest BCUT2D eigenvalue weighted by molar-refractivity contribution is 0.409. The number of pyridine rings is 1. The van der Waals surface area contributed by atoms with Crippen molar-refractivity contribution < 1.29 is 17.6 Å². The lowest BCUT2D eigenvalue weighted by Gasteiger charge is -1.95. The minimum Gasteiger partial charge on any atom is -0.199 e. The number of hydrogen-bond donors (Lipinski definition) is 0. The van der Waals surface area contributed by atoms with Crippen molar-refractivity contribution in [3.05, 3.63) is 23.5 Å². The van der Waals surface area contributed by atoms with Crippen LogP contribution in [0.1, 0.15) is 0 Å². The highest BCUT2D eigenvalue weighted by Gasteiger charge is 2.19. The molecule has 58 valence electrons. The number of rotatable bonds is 0. The van der Waals surface area contributed by atoms with E-state index in [1.54, 1.807) is 0 Å². The highest BCUT2D eigenvalue weighted by atomic mass is 19.2. The maximum absolute atomic E-state index is 12.1. The summed E-state index contributed by atoms with van der Waals surface area (Å²) in [6, 6.07) is 0. The molecule has 0 N–H and O–H groups in total. The summed E-state index contributed by atoms with van der Waals surface area (Å²) in [6.45, 7) is 0. The van der Waals surface area contributed by atoms with E-state index in [1.807, 2.05) is 0 Å². The van der Waals surface area contributed by atoms with Gasteiger partial charge in [0, 0.05) is 0 Å². The van der Waals surface area contributed by atoms with Gasteiger partial charge in [-0.1, -0.05) is 0 Å². The highest BCUT2D eigenvalue weighted by molar-refractivity contribution is 5.35. The van der Waals surface area contributed by atoms with Crippen molar-refractivity contribution in [3.8, 4) is 0 Å². The van der Waals surface area contributed by atoms with Crippen LogP contribution in [0.25, 0.3) is 0 Å². The summed E-state index contributed by atoms with van der Waals surface area (Å²) in [5.41, 5.74) is 6.60. The molecule has 11 heavy (non-hydrogen) atoms. The van der Waals surface area contributed by atoms with Crippen LogP contribution >= 0.6 is 0 Å². The first kappa shape index (κ1) is 7.77. The van der Waals surface area contributed by atoms with E-state index in [1.165, 1.54) is 0 Å². The smallest absolute Gasteiger partial charge is 0.199 e. The quantitative estimate of drug-likeness (QED) is 0.421. The molecule has 0 atom stereocenters. The molecule has 0 aliphatic carbocycles. The zero-order valence-electron chi connectivity index (χ0n) is 4.91. The summed E-state index contributed by atoms with van der Waals surface area (Å²) in [5.74, 6) is -7.55. The third-order valence-electron chi connectivity index (χ3n) is 0.974. The molecule has 0 aliphatic heterocycles. The normalized spacial score (nSPS) is 10.2. The summed E-state index contributed by atoms with van der Waals surface area (Å²) < 4.78 is 48.1. The fourth-order valence-electron chi connectivity index (χ4n) is 0.476. The average molecular weight is 164 g/mol. The van der Waals surface area contributed by atoms with Crippen molar-refractivity contribution in [2.75, 3.05) is 0 Å². The molecular weight excluding hydrogens is 164 g/mol. The van der Waals surface area contributed by atoms with Crippen LogP contribution in [0.5, 0.6) is 0 Å². The second-order valence-electron chi connectivity index (χ2n) is 1.67. The lowest BCUT2D eigenvalue weighted by Crippen LogP contribution is -2.00. The van der Waals surface area contributed by atoms with E-state index in [0.29, 0.717) is 0 Å². The Morgan fingerprint density at radius 1 is 0.909 bits per heavy atom. The summed E-state index contributed by atoms with van der Waals surface area (Å²) in [6.07, 6.45) is 0. The molecule has 0 aromatic carbocycles. The topological polar surface area (TPSA) is 35.2 Å². The fourth-order valence-corrected chi connectivity index (χ4v) is 0.476. The Balaban J connectivity index is 3.46. The van der Waals surface area contributed by atoms with Crippen molar-refractivity contribution in [1.82, 2.24) is 10.7 Å². The Labute approximate surface area is 58.7 Å². The number of nitrogens with zero attached hydrogens (tertiary/aromatic N) is 2. The second kappa shape index (κ2) is 2.37. The van der Waals surface area contributed by atoms with E-state index >= 15 is 0 Å². The standard InChI is InChI=1S/C5F4N2/c6-1-3(10)2(7)5(9)11-4(1)8. The SMILES string of the molecule is [N]c1c(F)c(F)nc(F)c1F. The molecule has 2 nitrogen and oxygen atoms in total. The monoisotopic (exact) mass is 164 g/mol. The van der Waals surface area contributed by atoms with Gasteiger partial charge >= 0.3 is 0 Å². The number of halogens is 4. The van der Waals surface area contributed by atoms with Gasteiger partial charge in [0.25, 0.3) is 11.9 Å². The summed E-state index contributed by atoms with van der Waals surface area (Å²) in [4.78, 5) is 2.19. The number of hydrogen-bond acceptors (Lipinski definition) is 1. The van der Waals surface area contributed by atoms with Crippen molar-refractivity contribution in [3.63, 3.8) is 0 Å². The van der Waals surface area contributed by atoms with Gasteiger partial charge in [0.2, 0.25) is 11.6 Å². The Morgan fingerprint density at radius 2 is 1.27 bits per heavy atom. The molecular formula is C5F4N2. The second-order valence-corrected chi connectivity index (χ2v) is 1.67. The molecule has 0 bridgehead atoms. The van der Waals surface area contributed by atoms with Crippen LogP contribution in [-0.4, -0.2) is 4.98 Å². The van der Waals surface area contributed by atoms with Gasteiger partial charge in [-0.2, -0.15) is 22.5 Å². The van der Waals surface area contributed by atoms with Crippen LogP contribution in [-0.2, 0) is 0 Å². The van der Waals surface area contributed by atoms with Gasteiger partial charge in [-0.25, -0.2) is 0 Å². The van der Waals surface area contributed by atoms with Crippen LogP contribution in [0.3, 0.4) is 0 Å². The summed E-state index contributed by atoms with van der Waals surface area (Å²) in [7, 11) is 0. The van der Waals surface area contributed by atoms with Gasteiger partial charge in [0.1, 0.15) is 0 Å². The molecule has 0 amide bonds. The predicted octanol–water partition coefficient (Wildman–Crippen LogP) is 1.34. The first-order chi connectivity index (χ1) is 5.04. The molecule has 1 aromatic heterocycles. The van der Waals surface area contributed by atoms with Crippen molar-refractivity contribution in [1.29, 1.82) is 0 Å². The lowest BCUT2D eigenvalue weighted by atomic mass is 10.4. The van der Waals surface area contributed by atoms with Gasteiger partial charge in [-0.05, 0) is 0 Å². The third-order valence-corrected chi connectivity index (χ3v) is 0.974. The van der Waals surface area contributed by atoms with Crippen LogP contribution in [0.4, 0.5) is 23.2 Å². The predicted molar refractivity (Wildman–Crippen MR) is 25.9 cm³/mol. The molecule has 0 saturated carbocycles. The molecule has 0 saturated heterocycles. The van der Waals surface area contributed by atoms with E-state index in [-0.39, 0.29) is 0 Å². The zero-order valence-corrected chi connectivity index (χ0v) is 4.91. The Morgan fingerprint density at radius 3 is 1.64 bits per heavy atom. The molecule has 0 spiro atoms. The average Bonchev–Trinajstić information content (AvgIpc) is 1.97. The molecule has 0 unspecified atom stereocenters. The number of aromatic nitrogens is 1. The van der Waals surface area contributed by atoms with Crippen LogP contribution < -0.4 is 5.73 Å². The maximum Gasteiger partial charge on any atom is 0.254 e. The molecule has 1 rings (SSSR count). The minimum absolute atomic E-state index is 1.70. The van der Waals surface area contributed by atoms with Gasteiger partial charge in [0.15, 0.2) is 5.69 Å². The molecule has 2 radical (unpaired) electrons. The Bertz CT molecular complexity index is 273. The van der Waals surface area contributed by atoms with Gasteiger partial charge < -0.3 is 0 Å². The molecule has 0 aliphatic rings. The Hall–Kier alpha value is -1.33. The van der Waals surface area contributed by atoms with Gasteiger partial charge in [-0.3, -0.25) is 0 Å². The minimum atomic E-state index is -1.90. The van der Waals surface area contributed by atoms with Crippen molar-refractivity contribution >= 4 is 5.69 Å². The van der Waals surface area contributed by atoms with Crippen molar-refractivity contribution in [2.45, 2.75) is 0 Å². The first-order valence-corrected chi connectivity index (χ1v) is 2.43. The van der Waals surface area contributed by atoms with E-state index in [9.17, 15) is 17.6 Å². The Kier molecular flexibility index (Phi) is 1.67. The first-order valence-electron chi connectivity index (χ1n) is 2.43. The van der Waals surface area contributed by atoms with Crippen LogP contribution in [0, 0.1) is 23.5 Å². The van der Waals surface area contributed by atoms with Crippen molar-refractivity contribution in [2.24, 2.45) is 0 Å². The summed E-state index contributed by atoms with van der Waals surface area (Å²) in [5, 5.41) is 0.